The molecule has 0 N–H and O–H groups in total. The Morgan fingerprint density at radius 1 is 1.50 bits per heavy atom. The van der Waals surface area contributed by atoms with Gasteiger partial charge in [-0.25, -0.2) is 9.48 Å². The van der Waals surface area contributed by atoms with Gasteiger partial charge in [0.2, 0.25) is 0 Å². The van der Waals surface area contributed by atoms with Gasteiger partial charge in [-0.3, -0.25) is 4.98 Å². The van der Waals surface area contributed by atoms with Gasteiger partial charge < -0.3 is 9.47 Å². The number of aromatic nitrogens is 4. The molecule has 2 rings (SSSR count). The van der Waals surface area contributed by atoms with E-state index in [0.29, 0.717) is 23.1 Å². The molecule has 106 valence electrons. The number of nitrogens with zero attached hydrogens (tertiary/aromatic N) is 4. The third-order valence-electron chi connectivity index (χ3n) is 2.32. The molecule has 0 bridgehead atoms. The lowest BCUT2D eigenvalue weighted by atomic mass is 10.3. The number of carbonyl (C=O) groups excluding carboxylic acids is 1. The summed E-state index contributed by atoms with van der Waals surface area (Å²) in [6.07, 6.45) is 1.57. The molecular weight excluding hydrogens is 284 g/mol. The van der Waals surface area contributed by atoms with Gasteiger partial charge in [-0.2, -0.15) is 4.98 Å². The summed E-state index contributed by atoms with van der Waals surface area (Å²) in [4.78, 5) is 19.5. The summed E-state index contributed by atoms with van der Waals surface area (Å²) < 4.78 is 11.4. The lowest BCUT2D eigenvalue weighted by Crippen LogP contribution is -2.15. The van der Waals surface area contributed by atoms with Crippen LogP contribution in [0.1, 0.15) is 6.92 Å². The molecule has 0 aromatic carbocycles. The number of hydrogen-bond donors (Lipinski definition) is 0. The highest BCUT2D eigenvalue weighted by atomic mass is 35.5. The molecule has 0 aliphatic rings. The van der Waals surface area contributed by atoms with E-state index >= 15 is 0 Å². The fraction of sp³-hybridized carbons (Fsp3) is 0.333. The molecule has 0 saturated carbocycles. The third kappa shape index (κ3) is 3.45. The van der Waals surface area contributed by atoms with Crippen molar-refractivity contribution in [2.24, 2.45) is 7.05 Å². The van der Waals surface area contributed by atoms with Crippen molar-refractivity contribution < 1.29 is 14.3 Å². The zero-order chi connectivity index (χ0) is 14.5. The second-order valence-corrected chi connectivity index (χ2v) is 4.23. The van der Waals surface area contributed by atoms with E-state index in [1.54, 1.807) is 32.3 Å². The molecule has 0 spiro atoms. The fourth-order valence-corrected chi connectivity index (χ4v) is 1.66. The van der Waals surface area contributed by atoms with E-state index in [9.17, 15) is 4.79 Å². The topological polar surface area (TPSA) is 79.1 Å². The number of esters is 1. The number of ether oxygens (including phenoxy) is 2. The summed E-state index contributed by atoms with van der Waals surface area (Å²) in [5.41, 5.74) is 0.568. The maximum Gasteiger partial charge on any atom is 0.344 e. The van der Waals surface area contributed by atoms with Gasteiger partial charge in [-0.1, -0.05) is 11.6 Å². The molecule has 20 heavy (non-hydrogen) atoms. The van der Waals surface area contributed by atoms with Crippen molar-refractivity contribution in [1.29, 1.82) is 0 Å². The smallest absolute Gasteiger partial charge is 0.344 e. The lowest BCUT2D eigenvalue weighted by molar-refractivity contribution is -0.145. The van der Waals surface area contributed by atoms with Gasteiger partial charge in [-0.15, -0.1) is 5.10 Å². The molecule has 0 fully saturated rings. The van der Waals surface area contributed by atoms with Gasteiger partial charge >= 0.3 is 12.0 Å². The zero-order valence-corrected chi connectivity index (χ0v) is 11.8. The summed E-state index contributed by atoms with van der Waals surface area (Å²) in [6, 6.07) is 3.41. The van der Waals surface area contributed by atoms with Crippen LogP contribution in [0.2, 0.25) is 5.02 Å². The Morgan fingerprint density at radius 2 is 2.30 bits per heavy atom. The summed E-state index contributed by atoms with van der Waals surface area (Å²) in [6.45, 7) is 1.79. The molecule has 0 atom stereocenters. The van der Waals surface area contributed by atoms with E-state index in [-0.39, 0.29) is 12.6 Å². The van der Waals surface area contributed by atoms with E-state index in [2.05, 4.69) is 15.1 Å². The second kappa shape index (κ2) is 6.33. The Labute approximate surface area is 120 Å². The van der Waals surface area contributed by atoms with Crippen molar-refractivity contribution in [2.75, 3.05) is 13.2 Å². The monoisotopic (exact) mass is 296 g/mol. The van der Waals surface area contributed by atoms with Crippen LogP contribution in [0.3, 0.4) is 0 Å². The number of carbonyl (C=O) groups is 1. The highest BCUT2D eigenvalue weighted by molar-refractivity contribution is 6.30. The maximum atomic E-state index is 11.2. The Balaban J connectivity index is 2.12. The SMILES string of the molecule is CCOC(=O)COc1nc(-c2cc(Cl)ccn2)n(C)n1. The van der Waals surface area contributed by atoms with Crippen LogP contribution in [0.4, 0.5) is 0 Å². The summed E-state index contributed by atoms with van der Waals surface area (Å²) in [7, 11) is 1.70. The number of aryl methyl sites for hydroxylation is 1. The zero-order valence-electron chi connectivity index (χ0n) is 11.0. The quantitative estimate of drug-likeness (QED) is 0.778. The first-order chi connectivity index (χ1) is 9.60. The summed E-state index contributed by atoms with van der Waals surface area (Å²) in [5, 5.41) is 4.59. The predicted molar refractivity (Wildman–Crippen MR) is 71.4 cm³/mol. The van der Waals surface area contributed by atoms with Crippen molar-refractivity contribution in [1.82, 2.24) is 19.7 Å². The summed E-state index contributed by atoms with van der Waals surface area (Å²) >= 11 is 5.90. The standard InChI is InChI=1S/C12H13ClN4O3/c1-3-19-10(18)7-20-12-15-11(17(2)16-12)9-6-8(13)4-5-14-9/h4-6H,3,7H2,1-2H3. The molecule has 2 aromatic rings. The second-order valence-electron chi connectivity index (χ2n) is 3.79. The first-order valence-corrected chi connectivity index (χ1v) is 6.29. The van der Waals surface area contributed by atoms with Crippen molar-refractivity contribution >= 4 is 17.6 Å². The van der Waals surface area contributed by atoms with Crippen LogP contribution < -0.4 is 4.74 Å². The number of hydrogen-bond acceptors (Lipinski definition) is 6. The number of rotatable bonds is 5. The minimum absolute atomic E-state index is 0.0809. The van der Waals surface area contributed by atoms with Crippen molar-refractivity contribution in [3.63, 3.8) is 0 Å². The molecule has 2 heterocycles. The van der Waals surface area contributed by atoms with E-state index in [1.165, 1.54) is 4.68 Å². The van der Waals surface area contributed by atoms with Crippen LogP contribution in [0.25, 0.3) is 11.5 Å². The Bertz CT molecular complexity index is 614. The fourth-order valence-electron chi connectivity index (χ4n) is 1.50. The first-order valence-electron chi connectivity index (χ1n) is 5.91. The van der Waals surface area contributed by atoms with Crippen LogP contribution in [-0.4, -0.2) is 38.9 Å². The molecule has 2 aromatic heterocycles. The van der Waals surface area contributed by atoms with Crippen LogP contribution in [0.15, 0.2) is 18.3 Å². The number of pyridine rings is 1. The van der Waals surface area contributed by atoms with Gasteiger partial charge in [0.1, 0.15) is 5.69 Å². The molecule has 0 aliphatic carbocycles. The predicted octanol–water partition coefficient (Wildman–Crippen LogP) is 1.47. The Hall–Kier alpha value is -2.15. The highest BCUT2D eigenvalue weighted by Crippen LogP contribution is 2.19. The highest BCUT2D eigenvalue weighted by Gasteiger charge is 2.13. The van der Waals surface area contributed by atoms with Gasteiger partial charge in [0.15, 0.2) is 12.4 Å². The maximum absolute atomic E-state index is 11.2. The number of halogens is 1. The first kappa shape index (κ1) is 14.3. The normalized spacial score (nSPS) is 10.3. The van der Waals surface area contributed by atoms with Gasteiger partial charge in [0.05, 0.1) is 6.61 Å². The van der Waals surface area contributed by atoms with Crippen molar-refractivity contribution in [3.05, 3.63) is 23.4 Å². The molecule has 0 aliphatic heterocycles. The molecule has 0 amide bonds. The van der Waals surface area contributed by atoms with Crippen LogP contribution >= 0.6 is 11.6 Å². The van der Waals surface area contributed by atoms with E-state index in [1.807, 2.05) is 0 Å². The van der Waals surface area contributed by atoms with Gasteiger partial charge in [0.25, 0.3) is 0 Å². The molecule has 8 heteroatoms. The average molecular weight is 297 g/mol. The van der Waals surface area contributed by atoms with Gasteiger partial charge in [0, 0.05) is 18.3 Å². The molecule has 0 saturated heterocycles. The van der Waals surface area contributed by atoms with E-state index in [0.717, 1.165) is 0 Å². The van der Waals surface area contributed by atoms with Crippen molar-refractivity contribution in [2.45, 2.75) is 6.92 Å². The molecule has 0 radical (unpaired) electrons. The van der Waals surface area contributed by atoms with Gasteiger partial charge in [-0.05, 0) is 19.1 Å². The minimum atomic E-state index is -0.470. The van der Waals surface area contributed by atoms with Crippen LogP contribution in [0.5, 0.6) is 6.01 Å². The molecular formula is C12H13ClN4O3. The van der Waals surface area contributed by atoms with Crippen LogP contribution in [0, 0.1) is 0 Å². The average Bonchev–Trinajstić information content (AvgIpc) is 2.78. The minimum Gasteiger partial charge on any atom is -0.463 e. The summed E-state index contributed by atoms with van der Waals surface area (Å²) in [5.74, 6) is 0.0220. The molecule has 0 unspecified atom stereocenters. The van der Waals surface area contributed by atoms with E-state index < -0.39 is 5.97 Å². The largest absolute Gasteiger partial charge is 0.463 e. The van der Waals surface area contributed by atoms with E-state index in [4.69, 9.17) is 21.1 Å². The molecule has 7 nitrogen and oxygen atoms in total. The lowest BCUT2D eigenvalue weighted by Gasteiger charge is -2.00. The Kier molecular flexibility index (Phi) is 4.52. The Morgan fingerprint density at radius 3 is 3.00 bits per heavy atom. The van der Waals surface area contributed by atoms with Crippen LogP contribution in [-0.2, 0) is 16.6 Å². The van der Waals surface area contributed by atoms with Crippen molar-refractivity contribution in [3.8, 4) is 17.5 Å². The third-order valence-corrected chi connectivity index (χ3v) is 2.55.